The fourth-order valence-electron chi connectivity index (χ4n) is 2.61. The molecule has 154 valence electrons. The third-order valence-corrected chi connectivity index (χ3v) is 6.13. The van der Waals surface area contributed by atoms with Crippen molar-refractivity contribution in [1.29, 1.82) is 0 Å². The quantitative estimate of drug-likeness (QED) is 0.342. The Kier molecular flexibility index (Phi) is 8.56. The zero-order chi connectivity index (χ0) is 21.2. The number of amides is 2. The molecule has 0 atom stereocenters. The first kappa shape index (κ1) is 22.2. The van der Waals surface area contributed by atoms with Crippen LogP contribution in [-0.2, 0) is 10.5 Å². The van der Waals surface area contributed by atoms with Gasteiger partial charge in [0.25, 0.3) is 11.8 Å². The van der Waals surface area contributed by atoms with Gasteiger partial charge in [-0.15, -0.1) is 11.3 Å². The summed E-state index contributed by atoms with van der Waals surface area (Å²) in [6.07, 6.45) is 1.69. The van der Waals surface area contributed by atoms with Gasteiger partial charge >= 0.3 is 0 Å². The summed E-state index contributed by atoms with van der Waals surface area (Å²) in [6.45, 7) is 0.493. The van der Waals surface area contributed by atoms with Crippen molar-refractivity contribution in [2.75, 3.05) is 12.3 Å². The molecule has 7 heteroatoms. The zero-order valence-corrected chi connectivity index (χ0v) is 18.5. The van der Waals surface area contributed by atoms with E-state index in [0.29, 0.717) is 12.1 Å². The maximum atomic E-state index is 12.7. The minimum Gasteiger partial charge on any atom is -0.350 e. The average Bonchev–Trinajstić information content (AvgIpc) is 3.27. The van der Waals surface area contributed by atoms with Gasteiger partial charge in [0, 0.05) is 33.5 Å². The van der Waals surface area contributed by atoms with E-state index in [1.807, 2.05) is 47.8 Å². The zero-order valence-electron chi connectivity index (χ0n) is 16.1. The number of nitrogens with one attached hydrogen (secondary N) is 2. The maximum Gasteiger partial charge on any atom is 0.267 e. The van der Waals surface area contributed by atoms with Gasteiger partial charge in [0.1, 0.15) is 5.70 Å². The minimum absolute atomic E-state index is 0.228. The summed E-state index contributed by atoms with van der Waals surface area (Å²) in [5, 5.41) is 8.27. The number of benzene rings is 2. The summed E-state index contributed by atoms with van der Waals surface area (Å²) in [5.41, 5.74) is 1.87. The van der Waals surface area contributed by atoms with Crippen molar-refractivity contribution < 1.29 is 9.59 Å². The second kappa shape index (κ2) is 11.6. The Morgan fingerprint density at radius 1 is 1.03 bits per heavy atom. The Morgan fingerprint density at radius 2 is 1.87 bits per heavy atom. The molecule has 2 amide bonds. The van der Waals surface area contributed by atoms with Crippen LogP contribution in [0.15, 0.2) is 77.8 Å². The smallest absolute Gasteiger partial charge is 0.267 e. The Labute approximate surface area is 189 Å². The van der Waals surface area contributed by atoms with Crippen molar-refractivity contribution in [3.05, 3.63) is 98.8 Å². The number of thioether (sulfide) groups is 1. The topological polar surface area (TPSA) is 58.2 Å². The van der Waals surface area contributed by atoms with E-state index in [1.54, 1.807) is 42.1 Å². The first-order chi connectivity index (χ1) is 14.6. The van der Waals surface area contributed by atoms with Crippen molar-refractivity contribution in [3.8, 4) is 0 Å². The molecule has 0 aliphatic rings. The minimum atomic E-state index is -0.316. The summed E-state index contributed by atoms with van der Waals surface area (Å²) < 4.78 is 0. The molecule has 3 aromatic rings. The van der Waals surface area contributed by atoms with E-state index in [4.69, 9.17) is 11.6 Å². The van der Waals surface area contributed by atoms with Gasteiger partial charge in [-0.1, -0.05) is 48.0 Å². The molecular formula is C23H21ClN2O2S2. The van der Waals surface area contributed by atoms with E-state index < -0.39 is 0 Å². The highest BCUT2D eigenvalue weighted by molar-refractivity contribution is 7.98. The number of carbonyl (C=O) groups is 2. The molecule has 0 saturated heterocycles. The molecule has 2 N–H and O–H groups in total. The van der Waals surface area contributed by atoms with Crippen LogP contribution < -0.4 is 10.6 Å². The molecule has 0 aliphatic heterocycles. The van der Waals surface area contributed by atoms with Crippen molar-refractivity contribution in [3.63, 3.8) is 0 Å². The first-order valence-electron chi connectivity index (χ1n) is 9.34. The molecular weight excluding hydrogens is 436 g/mol. The molecule has 1 aromatic heterocycles. The number of hydrogen-bond acceptors (Lipinski definition) is 4. The van der Waals surface area contributed by atoms with Gasteiger partial charge in [-0.05, 0) is 47.4 Å². The van der Waals surface area contributed by atoms with Gasteiger partial charge in [0.15, 0.2) is 0 Å². The lowest BCUT2D eigenvalue weighted by Gasteiger charge is -2.11. The predicted molar refractivity (Wildman–Crippen MR) is 127 cm³/mol. The fourth-order valence-corrected chi connectivity index (χ4v) is 4.28. The Balaban J connectivity index is 1.55. The Morgan fingerprint density at radius 3 is 2.60 bits per heavy atom. The first-order valence-corrected chi connectivity index (χ1v) is 11.7. The lowest BCUT2D eigenvalue weighted by atomic mass is 10.2. The predicted octanol–water partition coefficient (Wildman–Crippen LogP) is 5.22. The molecule has 3 rings (SSSR count). The van der Waals surface area contributed by atoms with Gasteiger partial charge < -0.3 is 10.6 Å². The molecule has 0 fully saturated rings. The number of carbonyl (C=O) groups excluding carboxylic acids is 2. The highest BCUT2D eigenvalue weighted by Crippen LogP contribution is 2.16. The molecule has 4 nitrogen and oxygen atoms in total. The number of rotatable bonds is 9. The van der Waals surface area contributed by atoms with E-state index in [0.717, 1.165) is 27.0 Å². The van der Waals surface area contributed by atoms with Crippen LogP contribution in [0.5, 0.6) is 0 Å². The Bertz CT molecular complexity index is 1010. The van der Waals surface area contributed by atoms with E-state index in [9.17, 15) is 9.59 Å². The van der Waals surface area contributed by atoms with Crippen LogP contribution >= 0.6 is 34.7 Å². The third-order valence-electron chi connectivity index (χ3n) is 4.05. The molecule has 0 bridgehead atoms. The van der Waals surface area contributed by atoms with E-state index in [2.05, 4.69) is 10.6 Å². The lowest BCUT2D eigenvalue weighted by molar-refractivity contribution is -0.117. The summed E-state index contributed by atoms with van der Waals surface area (Å²) in [5.74, 6) is 0.941. The number of halogens is 1. The monoisotopic (exact) mass is 456 g/mol. The molecule has 2 aromatic carbocycles. The van der Waals surface area contributed by atoms with Crippen LogP contribution in [0.4, 0.5) is 0 Å². The summed E-state index contributed by atoms with van der Waals surface area (Å²) in [4.78, 5) is 26.1. The average molecular weight is 457 g/mol. The van der Waals surface area contributed by atoms with Crippen LogP contribution in [0, 0.1) is 0 Å². The second-order valence-electron chi connectivity index (χ2n) is 6.33. The number of thiophene rings is 1. The molecule has 0 unspecified atom stereocenters. The van der Waals surface area contributed by atoms with E-state index >= 15 is 0 Å². The number of hydrogen-bond donors (Lipinski definition) is 2. The largest absolute Gasteiger partial charge is 0.350 e. The van der Waals surface area contributed by atoms with Gasteiger partial charge in [0.2, 0.25) is 0 Å². The van der Waals surface area contributed by atoms with Crippen molar-refractivity contribution in [1.82, 2.24) is 10.6 Å². The van der Waals surface area contributed by atoms with Gasteiger partial charge in [-0.3, -0.25) is 9.59 Å². The fraction of sp³-hybridized carbons (Fsp3) is 0.130. The lowest BCUT2D eigenvalue weighted by Crippen LogP contribution is -2.35. The van der Waals surface area contributed by atoms with Gasteiger partial charge in [-0.25, -0.2) is 0 Å². The van der Waals surface area contributed by atoms with E-state index in [-0.39, 0.29) is 17.5 Å². The standard InChI is InChI=1S/C23H21ClN2O2S2/c24-19-9-4-6-17(14-19)16-29-13-11-25-23(28)21(15-20-10-5-12-30-20)26-22(27)18-7-2-1-3-8-18/h1-10,12,14-15H,11,13,16H2,(H,25,28)(H,26,27)/b21-15-. The molecule has 30 heavy (non-hydrogen) atoms. The summed E-state index contributed by atoms with van der Waals surface area (Å²) >= 11 is 9.21. The highest BCUT2D eigenvalue weighted by atomic mass is 35.5. The van der Waals surface area contributed by atoms with E-state index in [1.165, 1.54) is 11.3 Å². The van der Waals surface area contributed by atoms with Crippen LogP contribution in [0.3, 0.4) is 0 Å². The van der Waals surface area contributed by atoms with Gasteiger partial charge in [-0.2, -0.15) is 11.8 Å². The molecule has 0 aliphatic carbocycles. The molecule has 0 saturated carbocycles. The van der Waals surface area contributed by atoms with Crippen LogP contribution in [0.25, 0.3) is 6.08 Å². The van der Waals surface area contributed by atoms with Crippen molar-refractivity contribution in [2.45, 2.75) is 5.75 Å². The SMILES string of the molecule is O=C(NCCSCc1cccc(Cl)c1)/C(=C/c1cccs1)NC(=O)c1ccccc1. The van der Waals surface area contributed by atoms with Crippen molar-refractivity contribution in [2.24, 2.45) is 0 Å². The normalized spacial score (nSPS) is 11.2. The summed E-state index contributed by atoms with van der Waals surface area (Å²) in [7, 11) is 0. The molecule has 0 spiro atoms. The van der Waals surface area contributed by atoms with Crippen LogP contribution in [-0.4, -0.2) is 24.1 Å². The highest BCUT2D eigenvalue weighted by Gasteiger charge is 2.14. The van der Waals surface area contributed by atoms with Crippen molar-refractivity contribution >= 4 is 52.6 Å². The molecule has 1 heterocycles. The second-order valence-corrected chi connectivity index (χ2v) is 8.85. The van der Waals surface area contributed by atoms with Crippen LogP contribution in [0.1, 0.15) is 20.8 Å². The Hall–Kier alpha value is -2.54. The third kappa shape index (κ3) is 7.06. The molecule has 0 radical (unpaired) electrons. The van der Waals surface area contributed by atoms with Crippen LogP contribution in [0.2, 0.25) is 5.02 Å². The maximum absolute atomic E-state index is 12.7. The van der Waals surface area contributed by atoms with Gasteiger partial charge in [0.05, 0.1) is 0 Å². The summed E-state index contributed by atoms with van der Waals surface area (Å²) in [6, 6.07) is 20.4.